The van der Waals surface area contributed by atoms with Crippen LogP contribution in [-0.4, -0.2) is 84.3 Å². The van der Waals surface area contributed by atoms with Crippen molar-refractivity contribution in [2.24, 2.45) is 0 Å². The van der Waals surface area contributed by atoms with Gasteiger partial charge in [-0.15, -0.1) is 0 Å². The molecule has 0 bridgehead atoms. The van der Waals surface area contributed by atoms with Gasteiger partial charge in [-0.3, -0.25) is 19.2 Å². The van der Waals surface area contributed by atoms with E-state index in [9.17, 15) is 19.2 Å². The van der Waals surface area contributed by atoms with Gasteiger partial charge < -0.3 is 33.3 Å². The molecule has 39 heavy (non-hydrogen) atoms. The summed E-state index contributed by atoms with van der Waals surface area (Å²) in [4.78, 5) is 57.9. The molecule has 0 aromatic carbocycles. The Labute approximate surface area is 225 Å². The van der Waals surface area contributed by atoms with Crippen molar-refractivity contribution < 1.29 is 47.6 Å². The number of anilines is 2. The molecule has 1 aliphatic rings. The lowest BCUT2D eigenvalue weighted by molar-refractivity contribution is -0.307. The third-order valence-corrected chi connectivity index (χ3v) is 5.40. The minimum atomic E-state index is -1.31. The summed E-state index contributed by atoms with van der Waals surface area (Å²) in [5.74, 6) is -1.53. The van der Waals surface area contributed by atoms with E-state index in [0.717, 1.165) is 20.8 Å². The second kappa shape index (κ2) is 14.2. The molecule has 0 spiro atoms. The van der Waals surface area contributed by atoms with Crippen LogP contribution < -0.4 is 4.90 Å². The van der Waals surface area contributed by atoms with Crippen molar-refractivity contribution in [1.82, 2.24) is 9.97 Å². The average molecular weight is 546 g/mol. The number of hydrogen-bond donors (Lipinski definition) is 0. The Balaban J connectivity index is 1.87. The van der Waals surface area contributed by atoms with E-state index >= 15 is 0 Å². The van der Waals surface area contributed by atoms with Gasteiger partial charge >= 0.3 is 23.9 Å². The molecule has 0 aliphatic carbocycles. The molecule has 13 nitrogen and oxygen atoms in total. The van der Waals surface area contributed by atoms with Crippen LogP contribution in [0.2, 0.25) is 0 Å². The van der Waals surface area contributed by atoms with Crippen molar-refractivity contribution in [3.63, 3.8) is 0 Å². The first-order chi connectivity index (χ1) is 18.7. The van der Waals surface area contributed by atoms with Crippen molar-refractivity contribution >= 4 is 35.5 Å². The number of aromatic nitrogens is 2. The monoisotopic (exact) mass is 545 g/mol. The maximum atomic E-state index is 12.0. The highest BCUT2D eigenvalue weighted by Crippen LogP contribution is 2.30. The van der Waals surface area contributed by atoms with Gasteiger partial charge in [-0.05, 0) is 24.3 Å². The Morgan fingerprint density at radius 1 is 0.769 bits per heavy atom. The molecule has 1 aliphatic heterocycles. The lowest BCUT2D eigenvalue weighted by Gasteiger charge is -2.44. The largest absolute Gasteiger partial charge is 0.463 e. The molecule has 2 aromatic rings. The molecule has 210 valence electrons. The Hall–Kier alpha value is -4.10. The Bertz CT molecular complexity index is 1080. The first-order valence-electron chi connectivity index (χ1n) is 12.2. The van der Waals surface area contributed by atoms with E-state index in [0.29, 0.717) is 11.6 Å². The van der Waals surface area contributed by atoms with Crippen molar-refractivity contribution in [1.29, 1.82) is 0 Å². The highest BCUT2D eigenvalue weighted by atomic mass is 16.7. The molecule has 0 radical (unpaired) electrons. The Kier molecular flexibility index (Phi) is 10.7. The molecule has 3 rings (SSSR count). The second-order valence-corrected chi connectivity index (χ2v) is 8.47. The number of nitrogens with zero attached hydrogens (tertiary/aromatic N) is 3. The minimum absolute atomic E-state index is 0.0148. The molecule has 0 amide bonds. The SMILES string of the molecule is CC(=O)OC[C@H]1O[C@@H](OCCN(c2ccccn2)c2ccccn2)[C@H](OC(C)=O)[C@@H](OC(C)=O)[C@@H]1OC(C)=O. The first-order valence-corrected chi connectivity index (χ1v) is 12.2. The van der Waals surface area contributed by atoms with Crippen molar-refractivity contribution in [3.8, 4) is 0 Å². The van der Waals surface area contributed by atoms with Gasteiger partial charge in [0.2, 0.25) is 0 Å². The zero-order chi connectivity index (χ0) is 28.4. The quantitative estimate of drug-likeness (QED) is 0.298. The second-order valence-electron chi connectivity index (χ2n) is 8.47. The lowest BCUT2D eigenvalue weighted by Crippen LogP contribution is -2.63. The molecule has 0 unspecified atom stereocenters. The third-order valence-electron chi connectivity index (χ3n) is 5.40. The molecular formula is C26H31N3O10. The number of ether oxygens (including phenoxy) is 6. The summed E-state index contributed by atoms with van der Waals surface area (Å²) in [5, 5.41) is 0. The van der Waals surface area contributed by atoms with Crippen LogP contribution in [0.25, 0.3) is 0 Å². The van der Waals surface area contributed by atoms with E-state index in [2.05, 4.69) is 9.97 Å². The zero-order valence-electron chi connectivity index (χ0n) is 22.1. The molecule has 3 heterocycles. The van der Waals surface area contributed by atoms with Gasteiger partial charge in [-0.2, -0.15) is 0 Å². The van der Waals surface area contributed by atoms with Crippen molar-refractivity contribution in [2.75, 3.05) is 24.7 Å². The van der Waals surface area contributed by atoms with E-state index in [-0.39, 0.29) is 19.8 Å². The number of carbonyl (C=O) groups is 4. The van der Waals surface area contributed by atoms with Gasteiger partial charge in [-0.25, -0.2) is 9.97 Å². The molecule has 1 fully saturated rings. The topological polar surface area (TPSA) is 153 Å². The molecule has 2 aromatic heterocycles. The van der Waals surface area contributed by atoms with Crippen molar-refractivity contribution in [3.05, 3.63) is 48.8 Å². The third kappa shape index (κ3) is 8.72. The molecule has 13 heteroatoms. The fourth-order valence-electron chi connectivity index (χ4n) is 3.96. The number of hydrogen-bond acceptors (Lipinski definition) is 13. The van der Waals surface area contributed by atoms with Gasteiger partial charge in [-0.1, -0.05) is 12.1 Å². The molecule has 0 saturated carbocycles. The minimum Gasteiger partial charge on any atom is -0.463 e. The highest BCUT2D eigenvalue weighted by molar-refractivity contribution is 5.68. The van der Waals surface area contributed by atoms with E-state index in [1.807, 2.05) is 29.2 Å². The molecular weight excluding hydrogens is 514 g/mol. The van der Waals surface area contributed by atoms with Crippen LogP contribution in [0.3, 0.4) is 0 Å². The summed E-state index contributed by atoms with van der Waals surface area (Å²) in [5.41, 5.74) is 0. The van der Waals surface area contributed by atoms with E-state index in [4.69, 9.17) is 28.4 Å². The fourth-order valence-corrected chi connectivity index (χ4v) is 3.96. The van der Waals surface area contributed by atoms with Crippen LogP contribution >= 0.6 is 0 Å². The number of rotatable bonds is 11. The van der Waals surface area contributed by atoms with Crippen LogP contribution in [0.4, 0.5) is 11.6 Å². The van der Waals surface area contributed by atoms with Crippen LogP contribution in [0.15, 0.2) is 48.8 Å². The van der Waals surface area contributed by atoms with E-state index < -0.39 is 54.6 Å². The summed E-state index contributed by atoms with van der Waals surface area (Å²) in [6, 6.07) is 10.9. The van der Waals surface area contributed by atoms with Crippen LogP contribution in [-0.2, 0) is 47.6 Å². The van der Waals surface area contributed by atoms with E-state index in [1.165, 1.54) is 6.92 Å². The maximum absolute atomic E-state index is 12.0. The Morgan fingerprint density at radius 3 is 1.79 bits per heavy atom. The van der Waals surface area contributed by atoms with Gasteiger partial charge in [0.25, 0.3) is 0 Å². The van der Waals surface area contributed by atoms with Crippen molar-refractivity contribution in [2.45, 2.75) is 58.4 Å². The fraction of sp³-hybridized carbons (Fsp3) is 0.462. The van der Waals surface area contributed by atoms with Gasteiger partial charge in [0.05, 0.1) is 6.61 Å². The Morgan fingerprint density at radius 2 is 1.31 bits per heavy atom. The van der Waals surface area contributed by atoms with Crippen LogP contribution in [0, 0.1) is 0 Å². The zero-order valence-corrected chi connectivity index (χ0v) is 22.1. The summed E-state index contributed by atoms with van der Waals surface area (Å²) >= 11 is 0. The van der Waals surface area contributed by atoms with Crippen LogP contribution in [0.1, 0.15) is 27.7 Å². The summed E-state index contributed by atoms with van der Waals surface area (Å²) in [7, 11) is 0. The lowest BCUT2D eigenvalue weighted by atomic mass is 9.98. The molecule has 5 atom stereocenters. The standard InChI is InChI=1S/C26H31N3O10/c1-16(30)35-15-20-23(36-17(2)31)24(37-18(3)32)25(38-19(4)33)26(39-20)34-14-13-29(21-9-5-7-11-27-21)22-10-6-8-12-28-22/h5-12,20,23-26H,13-15H2,1-4H3/t20-,23-,24+,25-,26-/m1/s1. The summed E-state index contributed by atoms with van der Waals surface area (Å²) in [6.07, 6.45) is -2.95. The normalized spacial score (nSPS) is 22.3. The van der Waals surface area contributed by atoms with Crippen LogP contribution in [0.5, 0.6) is 0 Å². The van der Waals surface area contributed by atoms with Gasteiger partial charge in [0.15, 0.2) is 24.6 Å². The first kappa shape index (κ1) is 29.5. The molecule has 1 saturated heterocycles. The predicted octanol–water partition coefficient (Wildman–Crippen LogP) is 1.71. The predicted molar refractivity (Wildman–Crippen MR) is 133 cm³/mol. The highest BCUT2D eigenvalue weighted by Gasteiger charge is 2.52. The van der Waals surface area contributed by atoms with Gasteiger partial charge in [0, 0.05) is 46.6 Å². The smallest absolute Gasteiger partial charge is 0.303 e. The maximum Gasteiger partial charge on any atom is 0.303 e. The summed E-state index contributed by atoms with van der Waals surface area (Å²) < 4.78 is 33.3. The van der Waals surface area contributed by atoms with E-state index in [1.54, 1.807) is 24.5 Å². The van der Waals surface area contributed by atoms with Gasteiger partial charge in [0.1, 0.15) is 24.3 Å². The number of carbonyl (C=O) groups excluding carboxylic acids is 4. The number of pyridine rings is 2. The number of esters is 4. The average Bonchev–Trinajstić information content (AvgIpc) is 2.89. The molecule has 0 N–H and O–H groups in total. The summed E-state index contributed by atoms with van der Waals surface area (Å²) in [6.45, 7) is 4.60.